The van der Waals surface area contributed by atoms with Crippen LogP contribution in [-0.2, 0) is 19.4 Å². The number of amides is 1. The van der Waals surface area contributed by atoms with Gasteiger partial charge in [-0.05, 0) is 82.1 Å². The van der Waals surface area contributed by atoms with Crippen LogP contribution in [0.25, 0.3) is 11.3 Å². The van der Waals surface area contributed by atoms with Crippen molar-refractivity contribution in [1.29, 1.82) is 0 Å². The minimum Gasteiger partial charge on any atom is -0.491 e. The zero-order chi connectivity index (χ0) is 31.3. The van der Waals surface area contributed by atoms with E-state index >= 15 is 0 Å². The molecule has 0 radical (unpaired) electrons. The van der Waals surface area contributed by atoms with Crippen molar-refractivity contribution in [2.45, 2.75) is 52.4 Å². The number of sulfone groups is 1. The summed E-state index contributed by atoms with van der Waals surface area (Å²) in [7, 11) is -3.46. The van der Waals surface area contributed by atoms with Gasteiger partial charge in [-0.3, -0.25) is 14.6 Å². The lowest BCUT2D eigenvalue weighted by Gasteiger charge is -2.35. The average Bonchev–Trinajstić information content (AvgIpc) is 2.92. The zero-order valence-corrected chi connectivity index (χ0v) is 26.9. The van der Waals surface area contributed by atoms with Crippen molar-refractivity contribution in [3.05, 3.63) is 70.3 Å². The maximum absolute atomic E-state index is 12.9. The van der Waals surface area contributed by atoms with Crippen LogP contribution in [0.5, 0.6) is 5.75 Å². The minimum atomic E-state index is -3.46. The molecule has 3 aromatic rings. The summed E-state index contributed by atoms with van der Waals surface area (Å²) in [6.45, 7) is 10.5. The van der Waals surface area contributed by atoms with E-state index in [9.17, 15) is 18.0 Å². The zero-order valence-electron chi connectivity index (χ0n) is 24.6. The molecule has 0 spiro atoms. The summed E-state index contributed by atoms with van der Waals surface area (Å²) in [4.78, 5) is 29.8. The first-order chi connectivity index (χ1) is 19.6. The molecule has 1 heterocycles. The molecular weight excluding hydrogens is 599 g/mol. The van der Waals surface area contributed by atoms with E-state index in [4.69, 9.17) is 32.7 Å². The Labute approximate surface area is 257 Å². The molecule has 0 bridgehead atoms. The topological polar surface area (TPSA) is 112 Å². The van der Waals surface area contributed by atoms with Crippen LogP contribution in [0.1, 0.15) is 57.8 Å². The second-order valence-electron chi connectivity index (χ2n) is 11.2. The number of carbonyl (C=O) groups excluding carboxylic acids is 2. The monoisotopic (exact) mass is 634 g/mol. The molecule has 0 fully saturated rings. The highest BCUT2D eigenvalue weighted by molar-refractivity contribution is 7.90. The highest BCUT2D eigenvalue weighted by Gasteiger charge is 2.38. The first-order valence-electron chi connectivity index (χ1n) is 13.5. The van der Waals surface area contributed by atoms with Crippen LogP contribution in [0.3, 0.4) is 0 Å². The predicted octanol–water partition coefficient (Wildman–Crippen LogP) is 7.49. The van der Waals surface area contributed by atoms with E-state index in [-0.39, 0.29) is 26.9 Å². The smallest absolute Gasteiger partial charge is 0.311 e. The van der Waals surface area contributed by atoms with Crippen LogP contribution in [0.15, 0.2) is 59.6 Å². The van der Waals surface area contributed by atoms with E-state index in [1.54, 1.807) is 43.5 Å². The molecule has 0 saturated carbocycles. The Morgan fingerprint density at radius 2 is 1.69 bits per heavy atom. The fourth-order valence-electron chi connectivity index (χ4n) is 4.53. The molecule has 1 amide bonds. The van der Waals surface area contributed by atoms with E-state index in [0.29, 0.717) is 47.4 Å². The highest BCUT2D eigenvalue weighted by atomic mass is 35.5. The quantitative estimate of drug-likeness (QED) is 0.205. The van der Waals surface area contributed by atoms with Gasteiger partial charge < -0.3 is 14.8 Å². The SMILES string of the molecule is CCOC(=O)C(C)(C)CC(C)(CC)COc1ccc(-c2cc(NC(=O)c3ccc(S(C)(=O)=O)cc3Cl)ccc2Cl)nc1. The Bertz CT molecular complexity index is 1560. The summed E-state index contributed by atoms with van der Waals surface area (Å²) in [5.74, 6) is -0.158. The number of hydrogen-bond donors (Lipinski definition) is 1. The lowest BCUT2D eigenvalue weighted by Crippen LogP contribution is -2.36. The van der Waals surface area contributed by atoms with Crippen LogP contribution < -0.4 is 10.1 Å². The maximum Gasteiger partial charge on any atom is 0.311 e. The average molecular weight is 636 g/mol. The first-order valence-corrected chi connectivity index (χ1v) is 16.1. The van der Waals surface area contributed by atoms with Crippen molar-refractivity contribution in [3.63, 3.8) is 0 Å². The Balaban J connectivity index is 1.72. The Hall–Kier alpha value is -3.14. The lowest BCUT2D eigenvalue weighted by atomic mass is 9.73. The third-order valence-electron chi connectivity index (χ3n) is 6.99. The number of nitrogens with one attached hydrogen (secondary N) is 1. The van der Waals surface area contributed by atoms with Crippen molar-refractivity contribution in [3.8, 4) is 17.0 Å². The summed E-state index contributed by atoms with van der Waals surface area (Å²) >= 11 is 12.7. The molecule has 0 aliphatic carbocycles. The number of ether oxygens (including phenoxy) is 2. The van der Waals surface area contributed by atoms with Gasteiger partial charge in [-0.1, -0.05) is 37.0 Å². The van der Waals surface area contributed by atoms with Gasteiger partial charge >= 0.3 is 5.97 Å². The van der Waals surface area contributed by atoms with Crippen LogP contribution in [-0.4, -0.2) is 44.7 Å². The van der Waals surface area contributed by atoms with E-state index in [0.717, 1.165) is 12.7 Å². The van der Waals surface area contributed by atoms with E-state index < -0.39 is 21.2 Å². The number of rotatable bonds is 12. The van der Waals surface area contributed by atoms with Gasteiger partial charge in [-0.25, -0.2) is 8.42 Å². The number of aromatic nitrogens is 1. The number of halogens is 2. The van der Waals surface area contributed by atoms with Crippen LogP contribution in [0.4, 0.5) is 5.69 Å². The van der Waals surface area contributed by atoms with Crippen LogP contribution in [0, 0.1) is 10.8 Å². The third-order valence-corrected chi connectivity index (χ3v) is 8.74. The molecule has 226 valence electrons. The molecule has 1 N–H and O–H groups in total. The van der Waals surface area contributed by atoms with E-state index in [2.05, 4.69) is 24.1 Å². The molecule has 1 unspecified atom stereocenters. The molecule has 0 aliphatic heterocycles. The van der Waals surface area contributed by atoms with Gasteiger partial charge in [0.25, 0.3) is 5.91 Å². The van der Waals surface area contributed by atoms with Crippen molar-refractivity contribution in [2.75, 3.05) is 24.8 Å². The van der Waals surface area contributed by atoms with Gasteiger partial charge in [0.15, 0.2) is 9.84 Å². The number of carbonyl (C=O) groups is 2. The molecule has 1 atom stereocenters. The van der Waals surface area contributed by atoms with Gasteiger partial charge in [0.1, 0.15) is 5.75 Å². The fraction of sp³-hybridized carbons (Fsp3) is 0.387. The van der Waals surface area contributed by atoms with Crippen molar-refractivity contribution in [2.24, 2.45) is 10.8 Å². The summed E-state index contributed by atoms with van der Waals surface area (Å²) in [6, 6.07) is 12.5. The van der Waals surface area contributed by atoms with Gasteiger partial charge in [0, 0.05) is 22.9 Å². The number of benzene rings is 2. The van der Waals surface area contributed by atoms with E-state index in [1.165, 1.54) is 18.2 Å². The largest absolute Gasteiger partial charge is 0.491 e. The molecule has 42 heavy (non-hydrogen) atoms. The minimum absolute atomic E-state index is 0.0190. The first kappa shape index (κ1) is 33.4. The van der Waals surface area contributed by atoms with Crippen molar-refractivity contribution in [1.82, 2.24) is 4.98 Å². The standard InChI is InChI=1S/C31H36Cl2N2O6S/c1-7-31(5,18-30(3,4)29(37)40-8-2)19-41-21-10-14-27(34-17-21)24-15-20(9-13-25(24)32)35-28(36)23-12-11-22(16-26(23)33)42(6,38)39/h9-17H,7-8,18-19H2,1-6H3,(H,35,36). The Kier molecular flexibility index (Phi) is 10.7. The summed E-state index contributed by atoms with van der Waals surface area (Å²) in [5.41, 5.74) is 0.833. The van der Waals surface area contributed by atoms with Crippen molar-refractivity contribution < 1.29 is 27.5 Å². The number of pyridine rings is 1. The van der Waals surface area contributed by atoms with Crippen LogP contribution in [0.2, 0.25) is 10.0 Å². The summed E-state index contributed by atoms with van der Waals surface area (Å²) in [6.07, 6.45) is 4.08. The molecule has 1 aromatic heterocycles. The van der Waals surface area contributed by atoms with Gasteiger partial charge in [0.2, 0.25) is 0 Å². The lowest BCUT2D eigenvalue weighted by molar-refractivity contribution is -0.155. The predicted molar refractivity (Wildman–Crippen MR) is 166 cm³/mol. The fourth-order valence-corrected chi connectivity index (χ4v) is 5.73. The Morgan fingerprint density at radius 3 is 2.26 bits per heavy atom. The third kappa shape index (κ3) is 8.46. The van der Waals surface area contributed by atoms with Gasteiger partial charge in [-0.2, -0.15) is 0 Å². The number of anilines is 1. The molecule has 8 nitrogen and oxygen atoms in total. The molecular formula is C31H36Cl2N2O6S. The Morgan fingerprint density at radius 1 is 0.976 bits per heavy atom. The molecule has 2 aromatic carbocycles. The summed E-state index contributed by atoms with van der Waals surface area (Å²) < 4.78 is 34.9. The molecule has 3 rings (SSSR count). The number of esters is 1. The molecule has 0 aliphatic rings. The second-order valence-corrected chi connectivity index (χ2v) is 14.0. The van der Waals surface area contributed by atoms with Crippen LogP contribution >= 0.6 is 23.2 Å². The summed E-state index contributed by atoms with van der Waals surface area (Å²) in [5, 5.41) is 3.22. The highest BCUT2D eigenvalue weighted by Crippen LogP contribution is 2.38. The number of hydrogen-bond acceptors (Lipinski definition) is 7. The molecule has 11 heteroatoms. The van der Waals surface area contributed by atoms with E-state index in [1.807, 2.05) is 13.8 Å². The molecule has 0 saturated heterocycles. The van der Waals surface area contributed by atoms with Crippen molar-refractivity contribution >= 4 is 50.6 Å². The maximum atomic E-state index is 12.9. The van der Waals surface area contributed by atoms with Gasteiger partial charge in [0.05, 0.1) is 51.0 Å². The van der Waals surface area contributed by atoms with Gasteiger partial charge in [-0.15, -0.1) is 0 Å². The number of nitrogens with zero attached hydrogens (tertiary/aromatic N) is 1. The second kappa shape index (κ2) is 13.4. The normalized spacial score (nSPS) is 13.2.